The van der Waals surface area contributed by atoms with Crippen LogP contribution in [-0.4, -0.2) is 55.3 Å². The predicted octanol–water partition coefficient (Wildman–Crippen LogP) is 6.86. The van der Waals surface area contributed by atoms with Crippen LogP contribution in [0.25, 0.3) is 11.2 Å². The van der Waals surface area contributed by atoms with E-state index in [1.807, 2.05) is 0 Å². The number of nitrogens with one attached hydrogen (secondary N) is 1. The highest BCUT2D eigenvalue weighted by atomic mass is 31.3. The summed E-state index contributed by atoms with van der Waals surface area (Å²) in [5.41, 5.74) is 5.63. The Balaban J connectivity index is 1.54. The van der Waals surface area contributed by atoms with E-state index in [-0.39, 0.29) is 30.7 Å². The molecule has 0 aliphatic carbocycles. The van der Waals surface area contributed by atoms with Crippen LogP contribution in [0.3, 0.4) is 0 Å². The molecule has 0 saturated heterocycles. The Morgan fingerprint density at radius 1 is 0.886 bits per heavy atom. The normalized spacial score (nSPS) is 13.7. The quantitative estimate of drug-likeness (QED) is 0.0444. The standard InChI is InChI=1S/C29H53N5O8P2/c1-2-3-4-5-6-7-8-9-10-11-12-13-14-17-21-40-22-19-23-41-43(36,42-44(37,38)39)24-18-15-16-20-34-25-31-26-27(34)32-29(30)33-28(26)35/h15-16,25H,2-14,17-24H2,1H3,(H2,37,38,39)(H3,30,32,33,35). The van der Waals surface area contributed by atoms with Crippen molar-refractivity contribution in [1.82, 2.24) is 19.5 Å². The maximum absolute atomic E-state index is 13.0. The van der Waals surface area contributed by atoms with E-state index in [0.717, 1.165) is 12.8 Å². The number of hydrogen-bond donors (Lipinski definition) is 4. The Morgan fingerprint density at radius 2 is 1.48 bits per heavy atom. The number of hydrogen-bond acceptors (Lipinski definition) is 9. The number of phosphoric acid groups is 1. The van der Waals surface area contributed by atoms with Gasteiger partial charge in [0, 0.05) is 19.8 Å². The van der Waals surface area contributed by atoms with Crippen molar-refractivity contribution in [3.8, 4) is 0 Å². The lowest BCUT2D eigenvalue weighted by Crippen LogP contribution is -2.12. The van der Waals surface area contributed by atoms with E-state index in [4.69, 9.17) is 15.0 Å². The van der Waals surface area contributed by atoms with Gasteiger partial charge in [0.2, 0.25) is 5.95 Å². The molecule has 0 amide bonds. The van der Waals surface area contributed by atoms with Gasteiger partial charge in [-0.1, -0.05) is 103 Å². The number of anilines is 1. The average Bonchev–Trinajstić information content (AvgIpc) is 3.36. The van der Waals surface area contributed by atoms with Crippen molar-refractivity contribution in [1.29, 1.82) is 0 Å². The van der Waals surface area contributed by atoms with Crippen LogP contribution in [0.5, 0.6) is 0 Å². The number of ether oxygens (including phenoxy) is 1. The van der Waals surface area contributed by atoms with Gasteiger partial charge in [0.25, 0.3) is 5.56 Å². The Bertz CT molecular complexity index is 1250. The first-order valence-electron chi connectivity index (χ1n) is 16.1. The molecular weight excluding hydrogens is 608 g/mol. The zero-order valence-electron chi connectivity index (χ0n) is 26.2. The van der Waals surface area contributed by atoms with E-state index >= 15 is 0 Å². The Morgan fingerprint density at radius 3 is 2.09 bits per heavy atom. The summed E-state index contributed by atoms with van der Waals surface area (Å²) in [5, 5.41) is 0. The van der Waals surface area contributed by atoms with Crippen LogP contribution in [0, 0.1) is 0 Å². The van der Waals surface area contributed by atoms with Crippen LogP contribution in [0.4, 0.5) is 5.95 Å². The molecule has 2 heterocycles. The van der Waals surface area contributed by atoms with Gasteiger partial charge in [0.15, 0.2) is 11.2 Å². The zero-order valence-corrected chi connectivity index (χ0v) is 28.0. The number of allylic oxidation sites excluding steroid dienone is 2. The molecule has 2 aromatic heterocycles. The minimum Gasteiger partial charge on any atom is -0.381 e. The van der Waals surface area contributed by atoms with Crippen molar-refractivity contribution >= 4 is 32.5 Å². The van der Waals surface area contributed by atoms with Gasteiger partial charge in [0.1, 0.15) is 0 Å². The van der Waals surface area contributed by atoms with Crippen LogP contribution in [0.1, 0.15) is 110 Å². The van der Waals surface area contributed by atoms with E-state index in [0.29, 0.717) is 31.8 Å². The molecule has 2 aromatic rings. The van der Waals surface area contributed by atoms with Gasteiger partial charge < -0.3 is 29.3 Å². The number of unbranched alkanes of at least 4 members (excludes halogenated alkanes) is 13. The topological polar surface area (TPSA) is 192 Å². The predicted molar refractivity (Wildman–Crippen MR) is 174 cm³/mol. The molecule has 1 unspecified atom stereocenters. The lowest BCUT2D eigenvalue weighted by molar-refractivity contribution is 0.113. The highest BCUT2D eigenvalue weighted by Gasteiger charge is 2.33. The van der Waals surface area contributed by atoms with E-state index in [2.05, 4.69) is 26.2 Å². The van der Waals surface area contributed by atoms with Crippen molar-refractivity contribution in [3.63, 3.8) is 0 Å². The summed E-state index contributed by atoms with van der Waals surface area (Å²) in [5.74, 6) is -0.0267. The molecule has 0 aromatic carbocycles. The smallest absolute Gasteiger partial charge is 0.381 e. The molecule has 252 valence electrons. The molecule has 5 N–H and O–H groups in total. The summed E-state index contributed by atoms with van der Waals surface area (Å²) >= 11 is 0. The van der Waals surface area contributed by atoms with Gasteiger partial charge in [-0.15, -0.1) is 0 Å². The van der Waals surface area contributed by atoms with Gasteiger partial charge >= 0.3 is 15.4 Å². The summed E-state index contributed by atoms with van der Waals surface area (Å²) in [6.07, 6.45) is 23.4. The third-order valence-electron chi connectivity index (χ3n) is 7.13. The molecule has 0 radical (unpaired) electrons. The second-order valence-corrected chi connectivity index (χ2v) is 14.6. The summed E-state index contributed by atoms with van der Waals surface area (Å²) < 4.78 is 41.5. The van der Waals surface area contributed by atoms with Crippen LogP contribution < -0.4 is 11.3 Å². The van der Waals surface area contributed by atoms with Gasteiger partial charge in [-0.2, -0.15) is 4.98 Å². The van der Waals surface area contributed by atoms with Crippen molar-refractivity contribution in [2.45, 2.75) is 116 Å². The van der Waals surface area contributed by atoms with E-state index < -0.39 is 21.0 Å². The SMILES string of the molecule is CCCCCCCCCCCCCCCCOCCCOP(=O)(CCC=CCn1cnc2c(=O)[nH]c(N)nc21)OP(=O)(O)O. The third-order valence-corrected chi connectivity index (χ3v) is 10.4. The maximum Gasteiger partial charge on any atom is 0.476 e. The fourth-order valence-electron chi connectivity index (χ4n) is 4.80. The number of fused-ring (bicyclic) bond motifs is 1. The highest BCUT2D eigenvalue weighted by molar-refractivity contribution is 7.64. The summed E-state index contributed by atoms with van der Waals surface area (Å²) in [7, 11) is -9.07. The van der Waals surface area contributed by atoms with Crippen LogP contribution in [-0.2, 0) is 29.2 Å². The molecule has 2 rings (SSSR count). The van der Waals surface area contributed by atoms with Crippen molar-refractivity contribution in [2.75, 3.05) is 31.7 Å². The summed E-state index contributed by atoms with van der Waals surface area (Å²) in [4.78, 5) is 40.8. The second kappa shape index (κ2) is 21.8. The molecular formula is C29H53N5O8P2. The first kappa shape index (κ1) is 38.3. The lowest BCUT2D eigenvalue weighted by atomic mass is 10.0. The lowest BCUT2D eigenvalue weighted by Gasteiger charge is -2.18. The molecule has 0 aliphatic heterocycles. The van der Waals surface area contributed by atoms with Crippen molar-refractivity contribution < 1.29 is 32.5 Å². The first-order chi connectivity index (χ1) is 21.1. The number of nitrogen functional groups attached to an aromatic ring is 1. The second-order valence-electron chi connectivity index (χ2n) is 11.1. The molecule has 15 heteroatoms. The van der Waals surface area contributed by atoms with Gasteiger partial charge in [-0.25, -0.2) is 13.9 Å². The number of imidazole rings is 1. The van der Waals surface area contributed by atoms with Crippen LogP contribution in [0.15, 0.2) is 23.3 Å². The van der Waals surface area contributed by atoms with Gasteiger partial charge in [0.05, 0.1) is 19.1 Å². The van der Waals surface area contributed by atoms with E-state index in [9.17, 15) is 23.7 Å². The largest absolute Gasteiger partial charge is 0.476 e. The maximum atomic E-state index is 13.0. The Labute approximate surface area is 261 Å². The molecule has 0 aliphatic rings. The Kier molecular flexibility index (Phi) is 19.0. The molecule has 44 heavy (non-hydrogen) atoms. The van der Waals surface area contributed by atoms with Gasteiger partial charge in [-0.3, -0.25) is 14.3 Å². The molecule has 0 spiro atoms. The van der Waals surface area contributed by atoms with Crippen LogP contribution in [0.2, 0.25) is 0 Å². The number of aromatic nitrogens is 4. The minimum atomic E-state index is -5.02. The number of rotatable bonds is 27. The third kappa shape index (κ3) is 17.0. The molecule has 0 fully saturated rings. The number of nitrogens with two attached hydrogens (primary N) is 1. The molecule has 0 bridgehead atoms. The van der Waals surface area contributed by atoms with E-state index in [1.165, 1.54) is 83.4 Å². The minimum absolute atomic E-state index is 0.0115. The zero-order chi connectivity index (χ0) is 32.1. The number of H-pyrrole nitrogens is 1. The van der Waals surface area contributed by atoms with E-state index in [1.54, 1.807) is 16.7 Å². The highest BCUT2D eigenvalue weighted by Crippen LogP contribution is 2.60. The summed E-state index contributed by atoms with van der Waals surface area (Å²) in [6.45, 7) is 3.58. The molecule has 13 nitrogen and oxygen atoms in total. The van der Waals surface area contributed by atoms with Crippen molar-refractivity contribution in [3.05, 3.63) is 28.8 Å². The Hall–Kier alpha value is -1.85. The van der Waals surface area contributed by atoms with Gasteiger partial charge in [-0.05, 0) is 19.3 Å². The molecule has 1 atom stereocenters. The summed E-state index contributed by atoms with van der Waals surface area (Å²) in [6, 6.07) is 0. The average molecular weight is 662 g/mol. The monoisotopic (exact) mass is 661 g/mol. The number of nitrogens with zero attached hydrogens (tertiary/aromatic N) is 3. The first-order valence-corrected chi connectivity index (χ1v) is 19.3. The van der Waals surface area contributed by atoms with Crippen molar-refractivity contribution in [2.24, 2.45) is 0 Å². The fourth-order valence-corrected chi connectivity index (χ4v) is 7.61. The van der Waals surface area contributed by atoms with Crippen LogP contribution >= 0.6 is 15.4 Å². The molecule has 0 saturated carbocycles. The number of aromatic amines is 1. The fraction of sp³-hybridized carbons (Fsp3) is 0.759.